The van der Waals surface area contributed by atoms with Gasteiger partial charge in [0.05, 0.1) is 0 Å². The second kappa shape index (κ2) is 7.75. The molecule has 0 aromatic heterocycles. The van der Waals surface area contributed by atoms with E-state index in [1.807, 2.05) is 30.3 Å². The third kappa shape index (κ3) is 4.00. The highest BCUT2D eigenvalue weighted by molar-refractivity contribution is 5.85. The lowest BCUT2D eigenvalue weighted by molar-refractivity contribution is -0.682. The van der Waals surface area contributed by atoms with Crippen molar-refractivity contribution in [1.82, 2.24) is 5.32 Å². The number of nitrogens with one attached hydrogen (secondary N) is 1. The van der Waals surface area contributed by atoms with Gasteiger partial charge in [0.1, 0.15) is 6.04 Å². The molecule has 1 amide bonds. The fourth-order valence-electron chi connectivity index (χ4n) is 2.93. The third-order valence-corrected chi connectivity index (χ3v) is 4.30. The van der Waals surface area contributed by atoms with E-state index in [-0.39, 0.29) is 11.9 Å². The van der Waals surface area contributed by atoms with E-state index in [4.69, 9.17) is 0 Å². The Hall–Kier alpha value is -2.65. The molecule has 0 aliphatic heterocycles. The maximum absolute atomic E-state index is 12.1. The quantitative estimate of drug-likeness (QED) is 0.721. The number of benzene rings is 3. The van der Waals surface area contributed by atoms with Crippen molar-refractivity contribution in [2.45, 2.75) is 19.5 Å². The van der Waals surface area contributed by atoms with Crippen molar-refractivity contribution in [2.24, 2.45) is 0 Å². The lowest BCUT2D eigenvalue weighted by atomic mass is 10.00. The van der Waals surface area contributed by atoms with Crippen molar-refractivity contribution in [3.05, 3.63) is 83.9 Å². The summed E-state index contributed by atoms with van der Waals surface area (Å²) >= 11 is 0. The number of quaternary nitrogens is 1. The zero-order valence-corrected chi connectivity index (χ0v) is 13.9. The van der Waals surface area contributed by atoms with E-state index < -0.39 is 0 Å². The Bertz CT molecular complexity index is 809. The third-order valence-electron chi connectivity index (χ3n) is 4.30. The molecule has 1 atom stereocenters. The molecule has 3 rings (SSSR count). The van der Waals surface area contributed by atoms with Crippen LogP contribution in [0.4, 0.5) is 0 Å². The van der Waals surface area contributed by atoms with E-state index in [0.717, 1.165) is 5.56 Å². The van der Waals surface area contributed by atoms with Gasteiger partial charge in [0, 0.05) is 12.1 Å². The van der Waals surface area contributed by atoms with E-state index in [1.165, 1.54) is 16.3 Å². The Balaban J connectivity index is 1.56. The second-order valence-corrected chi connectivity index (χ2v) is 6.06. The first-order chi connectivity index (χ1) is 11.7. The fourth-order valence-corrected chi connectivity index (χ4v) is 2.93. The molecule has 122 valence electrons. The predicted molar refractivity (Wildman–Crippen MR) is 97.4 cm³/mol. The average Bonchev–Trinajstić information content (AvgIpc) is 2.64. The van der Waals surface area contributed by atoms with Crippen molar-refractivity contribution >= 4 is 16.7 Å². The number of rotatable bonds is 6. The smallest absolute Gasteiger partial charge is 0.275 e. The lowest BCUT2D eigenvalue weighted by Crippen LogP contribution is -2.87. The highest BCUT2D eigenvalue weighted by Crippen LogP contribution is 2.21. The van der Waals surface area contributed by atoms with Gasteiger partial charge in [0.2, 0.25) is 0 Å². The van der Waals surface area contributed by atoms with Gasteiger partial charge in [0.15, 0.2) is 6.54 Å². The molecule has 0 saturated carbocycles. The summed E-state index contributed by atoms with van der Waals surface area (Å²) in [7, 11) is 0. The summed E-state index contributed by atoms with van der Waals surface area (Å²) < 4.78 is 0. The Morgan fingerprint density at radius 2 is 1.67 bits per heavy atom. The lowest BCUT2D eigenvalue weighted by Gasteiger charge is -2.13. The van der Waals surface area contributed by atoms with Crippen LogP contribution in [0.3, 0.4) is 0 Å². The number of hydrogen-bond acceptors (Lipinski definition) is 1. The minimum absolute atomic E-state index is 0.0611. The number of hydrogen-bond donors (Lipinski definition) is 2. The van der Waals surface area contributed by atoms with Crippen LogP contribution in [-0.2, 0) is 11.3 Å². The molecule has 0 radical (unpaired) electrons. The highest BCUT2D eigenvalue weighted by atomic mass is 16.1. The topological polar surface area (TPSA) is 45.7 Å². The molecule has 3 nitrogen and oxygen atoms in total. The highest BCUT2D eigenvalue weighted by Gasteiger charge is 2.13. The monoisotopic (exact) mass is 319 g/mol. The van der Waals surface area contributed by atoms with Gasteiger partial charge < -0.3 is 10.6 Å². The molecule has 0 spiro atoms. The standard InChI is InChI=1S/C21H22N2O/c1-16(19-13-7-11-18-10-5-6-12-20(18)19)22-15-21(24)23-14-17-8-3-2-4-9-17/h2-13,16,22H,14-15H2,1H3,(H,23,24)/p+1/t16-/m0/s1. The van der Waals surface area contributed by atoms with E-state index in [9.17, 15) is 4.79 Å². The summed E-state index contributed by atoms with van der Waals surface area (Å²) in [6.07, 6.45) is 0. The number of nitrogens with two attached hydrogens (primary N) is 1. The molecule has 3 aromatic carbocycles. The van der Waals surface area contributed by atoms with Gasteiger partial charge in [-0.25, -0.2) is 0 Å². The summed E-state index contributed by atoms with van der Waals surface area (Å²) in [4.78, 5) is 12.1. The summed E-state index contributed by atoms with van der Waals surface area (Å²) in [6.45, 7) is 3.15. The Labute approximate surface area is 142 Å². The molecule has 3 N–H and O–H groups in total. The number of amides is 1. The molecule has 0 unspecified atom stereocenters. The maximum atomic E-state index is 12.1. The van der Waals surface area contributed by atoms with E-state index in [0.29, 0.717) is 13.1 Å². The molecule has 0 aliphatic rings. The predicted octanol–water partition coefficient (Wildman–Crippen LogP) is 2.78. The van der Waals surface area contributed by atoms with Crippen molar-refractivity contribution in [1.29, 1.82) is 0 Å². The largest absolute Gasteiger partial charge is 0.347 e. The van der Waals surface area contributed by atoms with Crippen LogP contribution < -0.4 is 10.6 Å². The van der Waals surface area contributed by atoms with E-state index in [1.54, 1.807) is 0 Å². The first-order valence-electron chi connectivity index (χ1n) is 8.35. The van der Waals surface area contributed by atoms with Crippen LogP contribution in [0, 0.1) is 0 Å². The molecule has 0 aliphatic carbocycles. The van der Waals surface area contributed by atoms with Gasteiger partial charge in [-0.2, -0.15) is 0 Å². The summed E-state index contributed by atoms with van der Waals surface area (Å²) in [5, 5.41) is 7.56. The molecular weight excluding hydrogens is 296 g/mol. The van der Waals surface area contributed by atoms with E-state index >= 15 is 0 Å². The van der Waals surface area contributed by atoms with Crippen LogP contribution in [0.1, 0.15) is 24.1 Å². The number of carbonyl (C=O) groups excluding carboxylic acids is 1. The molecular formula is C21H23N2O+. The first-order valence-corrected chi connectivity index (χ1v) is 8.35. The molecule has 3 heteroatoms. The Morgan fingerprint density at radius 1 is 0.958 bits per heavy atom. The van der Waals surface area contributed by atoms with Gasteiger partial charge in [-0.1, -0.05) is 72.8 Å². The molecule has 24 heavy (non-hydrogen) atoms. The van der Waals surface area contributed by atoms with Crippen LogP contribution in [-0.4, -0.2) is 12.5 Å². The van der Waals surface area contributed by atoms with Crippen molar-refractivity contribution < 1.29 is 10.1 Å². The summed E-state index contributed by atoms with van der Waals surface area (Å²) in [6, 6.07) is 24.9. The van der Waals surface area contributed by atoms with Crippen LogP contribution in [0.25, 0.3) is 10.8 Å². The fraction of sp³-hybridized carbons (Fsp3) is 0.190. The molecule has 0 bridgehead atoms. The van der Waals surface area contributed by atoms with Crippen molar-refractivity contribution in [3.63, 3.8) is 0 Å². The second-order valence-electron chi connectivity index (χ2n) is 6.06. The van der Waals surface area contributed by atoms with E-state index in [2.05, 4.69) is 60.0 Å². The first kappa shape index (κ1) is 16.2. The van der Waals surface area contributed by atoms with Crippen molar-refractivity contribution in [2.75, 3.05) is 6.54 Å². The summed E-state index contributed by atoms with van der Waals surface area (Å²) in [5.74, 6) is 0.0611. The van der Waals surface area contributed by atoms with Crippen LogP contribution >= 0.6 is 0 Å². The van der Waals surface area contributed by atoms with Crippen LogP contribution in [0.15, 0.2) is 72.8 Å². The molecule has 0 fully saturated rings. The zero-order valence-electron chi connectivity index (χ0n) is 13.9. The molecule has 3 aromatic rings. The minimum Gasteiger partial charge on any atom is -0.347 e. The number of fused-ring (bicyclic) bond motifs is 1. The van der Waals surface area contributed by atoms with Gasteiger partial charge in [0.25, 0.3) is 5.91 Å². The zero-order chi connectivity index (χ0) is 16.8. The normalized spacial score (nSPS) is 12.0. The average molecular weight is 319 g/mol. The van der Waals surface area contributed by atoms with Gasteiger partial charge in [-0.3, -0.25) is 4.79 Å². The van der Waals surface area contributed by atoms with Crippen LogP contribution in [0.2, 0.25) is 0 Å². The number of carbonyl (C=O) groups is 1. The van der Waals surface area contributed by atoms with Gasteiger partial charge in [-0.05, 0) is 23.3 Å². The molecule has 0 heterocycles. The Morgan fingerprint density at radius 3 is 2.50 bits per heavy atom. The van der Waals surface area contributed by atoms with Gasteiger partial charge in [-0.15, -0.1) is 0 Å². The van der Waals surface area contributed by atoms with Gasteiger partial charge >= 0.3 is 0 Å². The minimum atomic E-state index is 0.0611. The molecule has 0 saturated heterocycles. The van der Waals surface area contributed by atoms with Crippen LogP contribution in [0.5, 0.6) is 0 Å². The Kier molecular flexibility index (Phi) is 5.24. The summed E-state index contributed by atoms with van der Waals surface area (Å²) in [5.41, 5.74) is 2.39. The SMILES string of the molecule is C[C@H]([NH2+]CC(=O)NCc1ccccc1)c1cccc2ccccc12. The maximum Gasteiger partial charge on any atom is 0.275 e. The van der Waals surface area contributed by atoms with Crippen molar-refractivity contribution in [3.8, 4) is 0 Å².